The number of nitrogens with zero attached hydrogens (tertiary/aromatic N) is 1. The van der Waals surface area contributed by atoms with Gasteiger partial charge in [-0.1, -0.05) is 6.07 Å². The minimum Gasteiger partial charge on any atom is -0.497 e. The van der Waals surface area contributed by atoms with E-state index >= 15 is 0 Å². The molecule has 2 rings (SSSR count). The Balaban J connectivity index is 1.99. The van der Waals surface area contributed by atoms with Gasteiger partial charge in [-0.2, -0.15) is 0 Å². The van der Waals surface area contributed by atoms with Gasteiger partial charge < -0.3 is 9.47 Å². The summed E-state index contributed by atoms with van der Waals surface area (Å²) in [6.07, 6.45) is 0. The Morgan fingerprint density at radius 1 is 1.14 bits per heavy atom. The summed E-state index contributed by atoms with van der Waals surface area (Å²) in [7, 11) is 3.20. The van der Waals surface area contributed by atoms with E-state index in [-0.39, 0.29) is 5.69 Å². The normalized spacial score (nSPS) is 10.3. The van der Waals surface area contributed by atoms with Gasteiger partial charge in [0.05, 0.1) is 19.1 Å². The summed E-state index contributed by atoms with van der Waals surface area (Å²) in [5.74, 6) is 1.44. The van der Waals surface area contributed by atoms with Crippen LogP contribution in [0.4, 0.5) is 5.69 Å². The lowest BCUT2D eigenvalue weighted by Gasteiger charge is -2.09. The highest BCUT2D eigenvalue weighted by Crippen LogP contribution is 2.24. The number of methoxy groups -OCH3 is 2. The lowest BCUT2D eigenvalue weighted by atomic mass is 10.2. The molecule has 2 aromatic rings. The second kappa shape index (κ2) is 7.67. The summed E-state index contributed by atoms with van der Waals surface area (Å²) >= 11 is 1.34. The molecule has 0 radical (unpaired) electrons. The van der Waals surface area contributed by atoms with Crippen molar-refractivity contribution in [1.29, 1.82) is 0 Å². The Morgan fingerprint density at radius 2 is 1.82 bits per heavy atom. The molecule has 6 nitrogen and oxygen atoms in total. The van der Waals surface area contributed by atoms with Crippen molar-refractivity contribution in [3.63, 3.8) is 0 Å². The number of nitro benzene ring substituents is 1. The SMILES string of the molecule is COc1cc(CNSc2cccc([N+](=O)[O-])c2)cc(OC)c1. The summed E-state index contributed by atoms with van der Waals surface area (Å²) in [5, 5.41) is 10.7. The predicted octanol–water partition coefficient (Wildman–Crippen LogP) is 3.41. The first-order chi connectivity index (χ1) is 10.6. The van der Waals surface area contributed by atoms with Crippen LogP contribution >= 0.6 is 11.9 Å². The molecule has 0 aliphatic carbocycles. The van der Waals surface area contributed by atoms with Crippen molar-refractivity contribution in [2.75, 3.05) is 14.2 Å². The van der Waals surface area contributed by atoms with Gasteiger partial charge in [0.15, 0.2) is 0 Å². The van der Waals surface area contributed by atoms with Gasteiger partial charge in [-0.25, -0.2) is 0 Å². The zero-order valence-electron chi connectivity index (χ0n) is 12.2. The molecule has 22 heavy (non-hydrogen) atoms. The van der Waals surface area contributed by atoms with E-state index in [0.717, 1.165) is 22.0 Å². The van der Waals surface area contributed by atoms with E-state index in [1.54, 1.807) is 26.4 Å². The maximum Gasteiger partial charge on any atom is 0.270 e. The molecule has 0 aromatic heterocycles. The van der Waals surface area contributed by atoms with Crippen molar-refractivity contribution < 1.29 is 14.4 Å². The molecule has 0 saturated heterocycles. The van der Waals surface area contributed by atoms with Crippen LogP contribution in [0.1, 0.15) is 5.56 Å². The van der Waals surface area contributed by atoms with Crippen LogP contribution in [-0.2, 0) is 6.54 Å². The van der Waals surface area contributed by atoms with Crippen LogP contribution in [0.2, 0.25) is 0 Å². The Morgan fingerprint density at radius 3 is 2.41 bits per heavy atom. The topological polar surface area (TPSA) is 73.6 Å². The highest BCUT2D eigenvalue weighted by Gasteiger charge is 2.06. The highest BCUT2D eigenvalue weighted by atomic mass is 32.2. The van der Waals surface area contributed by atoms with Gasteiger partial charge in [-0.15, -0.1) is 0 Å². The van der Waals surface area contributed by atoms with E-state index in [4.69, 9.17) is 9.47 Å². The zero-order valence-corrected chi connectivity index (χ0v) is 13.1. The van der Waals surface area contributed by atoms with Crippen molar-refractivity contribution >= 4 is 17.6 Å². The third-order valence-corrected chi connectivity index (χ3v) is 3.68. The Hall–Kier alpha value is -2.25. The molecule has 0 unspecified atom stereocenters. The number of hydrogen-bond donors (Lipinski definition) is 1. The maximum absolute atomic E-state index is 10.7. The number of non-ortho nitro benzene ring substituents is 1. The van der Waals surface area contributed by atoms with Crippen molar-refractivity contribution in [3.8, 4) is 11.5 Å². The number of benzene rings is 2. The highest BCUT2D eigenvalue weighted by molar-refractivity contribution is 7.97. The Bertz CT molecular complexity index is 641. The molecule has 0 spiro atoms. The average Bonchev–Trinajstić information content (AvgIpc) is 2.54. The quantitative estimate of drug-likeness (QED) is 0.479. The molecule has 2 aromatic carbocycles. The second-order valence-electron chi connectivity index (χ2n) is 4.40. The first-order valence-corrected chi connectivity index (χ1v) is 7.30. The predicted molar refractivity (Wildman–Crippen MR) is 85.3 cm³/mol. The molecule has 0 saturated carbocycles. The number of nitrogens with one attached hydrogen (secondary N) is 1. The molecule has 0 aliphatic heterocycles. The molecule has 116 valence electrons. The summed E-state index contributed by atoms with van der Waals surface area (Å²) in [5.41, 5.74) is 1.07. The lowest BCUT2D eigenvalue weighted by molar-refractivity contribution is -0.385. The fourth-order valence-electron chi connectivity index (χ4n) is 1.83. The van der Waals surface area contributed by atoms with Gasteiger partial charge in [0.25, 0.3) is 5.69 Å². The molecular formula is C15H16N2O4S. The van der Waals surface area contributed by atoms with E-state index in [1.165, 1.54) is 24.1 Å². The first kappa shape index (κ1) is 16.1. The smallest absolute Gasteiger partial charge is 0.270 e. The van der Waals surface area contributed by atoms with Crippen molar-refractivity contribution in [2.45, 2.75) is 11.4 Å². The fraction of sp³-hybridized carbons (Fsp3) is 0.200. The van der Waals surface area contributed by atoms with Gasteiger partial charge in [-0.05, 0) is 35.7 Å². The molecule has 0 aliphatic rings. The van der Waals surface area contributed by atoms with Crippen LogP contribution in [0.3, 0.4) is 0 Å². The van der Waals surface area contributed by atoms with Crippen LogP contribution in [0, 0.1) is 10.1 Å². The van der Waals surface area contributed by atoms with Crippen LogP contribution in [0.15, 0.2) is 47.4 Å². The molecule has 0 heterocycles. The van der Waals surface area contributed by atoms with Crippen LogP contribution in [-0.4, -0.2) is 19.1 Å². The largest absolute Gasteiger partial charge is 0.497 e. The second-order valence-corrected chi connectivity index (χ2v) is 5.36. The van der Waals surface area contributed by atoms with Crippen LogP contribution in [0.25, 0.3) is 0 Å². The summed E-state index contributed by atoms with van der Waals surface area (Å²) < 4.78 is 13.6. The van der Waals surface area contributed by atoms with Gasteiger partial charge in [0.2, 0.25) is 0 Å². The molecule has 7 heteroatoms. The number of ether oxygens (including phenoxy) is 2. The lowest BCUT2D eigenvalue weighted by Crippen LogP contribution is -2.03. The van der Waals surface area contributed by atoms with Crippen LogP contribution < -0.4 is 14.2 Å². The van der Waals surface area contributed by atoms with Gasteiger partial charge >= 0.3 is 0 Å². The van der Waals surface area contributed by atoms with Crippen molar-refractivity contribution in [1.82, 2.24) is 4.72 Å². The minimum atomic E-state index is -0.406. The van der Waals surface area contributed by atoms with Crippen LogP contribution in [0.5, 0.6) is 11.5 Å². The van der Waals surface area contributed by atoms with Gasteiger partial charge in [-0.3, -0.25) is 14.8 Å². The zero-order chi connectivity index (χ0) is 15.9. The standard InChI is InChI=1S/C15H16N2O4S/c1-20-13-6-11(7-14(9-13)21-2)10-16-22-15-5-3-4-12(8-15)17(18)19/h3-9,16H,10H2,1-2H3. The van der Waals surface area contributed by atoms with E-state index in [9.17, 15) is 10.1 Å². The van der Waals surface area contributed by atoms with E-state index in [2.05, 4.69) is 4.72 Å². The molecule has 0 fully saturated rings. The van der Waals surface area contributed by atoms with Crippen molar-refractivity contribution in [3.05, 3.63) is 58.1 Å². The number of nitro groups is 1. The Labute approximate surface area is 132 Å². The molecule has 0 bridgehead atoms. The summed E-state index contributed by atoms with van der Waals surface area (Å²) in [6.45, 7) is 0.570. The maximum atomic E-state index is 10.7. The molecule has 0 atom stereocenters. The monoisotopic (exact) mass is 320 g/mol. The third kappa shape index (κ3) is 4.37. The summed E-state index contributed by atoms with van der Waals surface area (Å²) in [4.78, 5) is 11.1. The molecule has 0 amide bonds. The van der Waals surface area contributed by atoms with Crippen molar-refractivity contribution in [2.24, 2.45) is 0 Å². The van der Waals surface area contributed by atoms with E-state index in [0.29, 0.717) is 6.54 Å². The number of hydrogen-bond acceptors (Lipinski definition) is 6. The third-order valence-electron chi connectivity index (χ3n) is 2.91. The first-order valence-electron chi connectivity index (χ1n) is 6.48. The van der Waals surface area contributed by atoms with Gasteiger partial charge in [0.1, 0.15) is 11.5 Å². The minimum absolute atomic E-state index is 0.0786. The van der Waals surface area contributed by atoms with E-state index < -0.39 is 4.92 Å². The van der Waals surface area contributed by atoms with Gasteiger partial charge in [0, 0.05) is 29.6 Å². The fourth-order valence-corrected chi connectivity index (χ4v) is 2.56. The summed E-state index contributed by atoms with van der Waals surface area (Å²) in [6, 6.07) is 12.1. The number of rotatable bonds is 7. The average molecular weight is 320 g/mol. The van der Waals surface area contributed by atoms with E-state index in [1.807, 2.05) is 18.2 Å². The molecule has 1 N–H and O–H groups in total. The Kier molecular flexibility index (Phi) is 5.62. The molecular weight excluding hydrogens is 304 g/mol.